The van der Waals surface area contributed by atoms with Crippen molar-refractivity contribution in [3.63, 3.8) is 0 Å². The maximum Gasteiger partial charge on any atom is 0.233 e. The Morgan fingerprint density at radius 2 is 2.29 bits per heavy atom. The molecule has 1 aliphatic heterocycles. The van der Waals surface area contributed by atoms with Gasteiger partial charge in [0.25, 0.3) is 0 Å². The Labute approximate surface area is 122 Å². The van der Waals surface area contributed by atoms with E-state index < -0.39 is 12.0 Å². The lowest BCUT2D eigenvalue weighted by Gasteiger charge is -2.25. The molecular formula is C15H18N2O4. The van der Waals surface area contributed by atoms with Crippen LogP contribution in [-0.4, -0.2) is 35.4 Å². The number of nitro groups is 1. The zero-order valence-electron chi connectivity index (χ0n) is 11.9. The number of amides is 1. The Hall–Kier alpha value is -2.11. The van der Waals surface area contributed by atoms with E-state index in [-0.39, 0.29) is 16.9 Å². The molecule has 1 aliphatic carbocycles. The molecule has 0 radical (unpaired) electrons. The summed E-state index contributed by atoms with van der Waals surface area (Å²) >= 11 is 0. The third-order valence-electron chi connectivity index (χ3n) is 4.36. The largest absolute Gasteiger partial charge is 0.497 e. The minimum absolute atomic E-state index is 0.0144. The first-order chi connectivity index (χ1) is 10.1. The smallest absolute Gasteiger partial charge is 0.233 e. The second-order valence-electron chi connectivity index (χ2n) is 5.66. The van der Waals surface area contributed by atoms with Crippen molar-refractivity contribution in [1.29, 1.82) is 0 Å². The van der Waals surface area contributed by atoms with Crippen molar-refractivity contribution < 1.29 is 14.5 Å². The van der Waals surface area contributed by atoms with Gasteiger partial charge in [0.05, 0.1) is 13.2 Å². The highest BCUT2D eigenvalue weighted by Crippen LogP contribution is 2.40. The van der Waals surface area contributed by atoms with Crippen LogP contribution in [0, 0.1) is 16.0 Å². The van der Waals surface area contributed by atoms with Gasteiger partial charge in [-0.1, -0.05) is 12.1 Å². The topological polar surface area (TPSA) is 72.7 Å². The standard InChI is InChI=1S/C15H18N2O4/c1-21-11-5-2-4-10(8-11)13-6-3-7-16(13)15(18)12-9-14(12)17(19)20/h2,4-5,8,12-14H,3,6-7,9H2,1H3/t12-,13-,14-/m0/s1. The number of likely N-dealkylation sites (tertiary alicyclic amines) is 1. The summed E-state index contributed by atoms with van der Waals surface area (Å²) in [7, 11) is 1.61. The molecule has 0 spiro atoms. The highest BCUT2D eigenvalue weighted by molar-refractivity contribution is 5.82. The summed E-state index contributed by atoms with van der Waals surface area (Å²) in [6, 6.07) is 7.04. The Bertz CT molecular complexity index is 575. The van der Waals surface area contributed by atoms with Crippen LogP contribution in [0.3, 0.4) is 0 Å². The molecule has 1 saturated carbocycles. The summed E-state index contributed by atoms with van der Waals surface area (Å²) in [5.74, 6) is 0.273. The molecule has 2 aliphatic rings. The Morgan fingerprint density at radius 3 is 2.95 bits per heavy atom. The fourth-order valence-electron chi connectivity index (χ4n) is 3.12. The lowest BCUT2D eigenvalue weighted by Crippen LogP contribution is -2.33. The first-order valence-electron chi connectivity index (χ1n) is 7.19. The number of nitrogens with zero attached hydrogens (tertiary/aromatic N) is 2. The van der Waals surface area contributed by atoms with E-state index in [4.69, 9.17) is 4.74 Å². The number of benzene rings is 1. The average molecular weight is 290 g/mol. The quantitative estimate of drug-likeness (QED) is 0.628. The van der Waals surface area contributed by atoms with Crippen LogP contribution in [0.4, 0.5) is 0 Å². The predicted octanol–water partition coefficient (Wildman–Crippen LogP) is 2.02. The molecule has 0 bridgehead atoms. The average Bonchev–Trinajstić information content (AvgIpc) is 3.16. The SMILES string of the molecule is COc1cccc([C@@H]2CCCN2C(=O)[C@H]2C[C@@H]2[N+](=O)[O-])c1. The van der Waals surface area contributed by atoms with Gasteiger partial charge in [0.2, 0.25) is 11.9 Å². The molecule has 0 unspecified atom stereocenters. The summed E-state index contributed by atoms with van der Waals surface area (Å²) in [4.78, 5) is 24.7. The van der Waals surface area contributed by atoms with E-state index in [9.17, 15) is 14.9 Å². The van der Waals surface area contributed by atoms with Crippen molar-refractivity contribution >= 4 is 5.91 Å². The maximum absolute atomic E-state index is 12.5. The second-order valence-corrected chi connectivity index (χ2v) is 5.66. The van der Waals surface area contributed by atoms with Gasteiger partial charge in [-0.15, -0.1) is 0 Å². The minimum Gasteiger partial charge on any atom is -0.497 e. The van der Waals surface area contributed by atoms with Crippen molar-refractivity contribution in [1.82, 2.24) is 4.90 Å². The van der Waals surface area contributed by atoms with E-state index in [0.29, 0.717) is 13.0 Å². The minimum atomic E-state index is -0.677. The van der Waals surface area contributed by atoms with E-state index in [1.54, 1.807) is 7.11 Å². The molecule has 1 aromatic rings. The van der Waals surface area contributed by atoms with Crippen LogP contribution < -0.4 is 4.74 Å². The normalized spacial score (nSPS) is 27.5. The van der Waals surface area contributed by atoms with Gasteiger partial charge in [-0.05, 0) is 30.5 Å². The van der Waals surface area contributed by atoms with Gasteiger partial charge in [0.1, 0.15) is 11.7 Å². The summed E-state index contributed by atoms with van der Waals surface area (Å²) in [6.45, 7) is 0.682. The number of ether oxygens (including phenoxy) is 1. The Balaban J connectivity index is 1.76. The predicted molar refractivity (Wildman–Crippen MR) is 75.6 cm³/mol. The number of rotatable bonds is 4. The van der Waals surface area contributed by atoms with E-state index >= 15 is 0 Å². The van der Waals surface area contributed by atoms with Gasteiger partial charge in [0.15, 0.2) is 0 Å². The molecule has 1 heterocycles. The van der Waals surface area contributed by atoms with Crippen LogP contribution in [0.25, 0.3) is 0 Å². The van der Waals surface area contributed by atoms with Gasteiger partial charge < -0.3 is 9.64 Å². The highest BCUT2D eigenvalue weighted by Gasteiger charge is 2.55. The molecule has 112 valence electrons. The summed E-state index contributed by atoms with van der Waals surface area (Å²) in [5.41, 5.74) is 1.04. The molecule has 0 aromatic heterocycles. The zero-order chi connectivity index (χ0) is 15.0. The van der Waals surface area contributed by atoms with Crippen LogP contribution in [-0.2, 0) is 4.79 Å². The van der Waals surface area contributed by atoms with Crippen molar-refractivity contribution in [2.45, 2.75) is 31.3 Å². The van der Waals surface area contributed by atoms with Crippen molar-refractivity contribution in [3.05, 3.63) is 39.9 Å². The summed E-state index contributed by atoms with van der Waals surface area (Å²) < 4.78 is 5.23. The number of hydrogen-bond donors (Lipinski definition) is 0. The van der Waals surface area contributed by atoms with Crippen LogP contribution in [0.1, 0.15) is 30.9 Å². The molecule has 3 atom stereocenters. The van der Waals surface area contributed by atoms with Gasteiger partial charge >= 0.3 is 0 Å². The number of hydrogen-bond acceptors (Lipinski definition) is 4. The van der Waals surface area contributed by atoms with Crippen LogP contribution in [0.5, 0.6) is 5.75 Å². The van der Waals surface area contributed by atoms with E-state index in [2.05, 4.69) is 0 Å². The molecule has 1 aromatic carbocycles. The second kappa shape index (κ2) is 5.35. The Morgan fingerprint density at radius 1 is 1.48 bits per heavy atom. The third-order valence-corrected chi connectivity index (χ3v) is 4.36. The first-order valence-corrected chi connectivity index (χ1v) is 7.19. The molecular weight excluding hydrogens is 272 g/mol. The molecule has 6 heteroatoms. The number of carbonyl (C=O) groups is 1. The Kier molecular flexibility index (Phi) is 3.53. The lowest BCUT2D eigenvalue weighted by atomic mass is 10.0. The molecule has 2 fully saturated rings. The monoisotopic (exact) mass is 290 g/mol. The first kappa shape index (κ1) is 13.9. The summed E-state index contributed by atoms with van der Waals surface area (Å²) in [5, 5.41) is 10.7. The fraction of sp³-hybridized carbons (Fsp3) is 0.533. The van der Waals surface area contributed by atoms with E-state index in [0.717, 1.165) is 24.2 Å². The summed E-state index contributed by atoms with van der Waals surface area (Å²) in [6.07, 6.45) is 2.21. The van der Waals surface area contributed by atoms with E-state index in [1.807, 2.05) is 29.2 Å². The van der Waals surface area contributed by atoms with Crippen LogP contribution >= 0.6 is 0 Å². The van der Waals surface area contributed by atoms with Crippen LogP contribution in [0.2, 0.25) is 0 Å². The number of methoxy groups -OCH3 is 1. The van der Waals surface area contributed by atoms with Crippen LogP contribution in [0.15, 0.2) is 24.3 Å². The van der Waals surface area contributed by atoms with Gasteiger partial charge in [0, 0.05) is 17.9 Å². The van der Waals surface area contributed by atoms with Crippen molar-refractivity contribution in [2.24, 2.45) is 5.92 Å². The highest BCUT2D eigenvalue weighted by atomic mass is 16.6. The van der Waals surface area contributed by atoms with E-state index in [1.165, 1.54) is 0 Å². The van der Waals surface area contributed by atoms with Crippen molar-refractivity contribution in [3.8, 4) is 5.75 Å². The fourth-order valence-corrected chi connectivity index (χ4v) is 3.12. The van der Waals surface area contributed by atoms with Gasteiger partial charge in [-0.25, -0.2) is 0 Å². The molecule has 21 heavy (non-hydrogen) atoms. The van der Waals surface area contributed by atoms with Gasteiger partial charge in [-0.2, -0.15) is 0 Å². The molecule has 6 nitrogen and oxygen atoms in total. The molecule has 3 rings (SSSR count). The maximum atomic E-state index is 12.5. The zero-order valence-corrected chi connectivity index (χ0v) is 11.9. The lowest BCUT2D eigenvalue weighted by molar-refractivity contribution is -0.497. The van der Waals surface area contributed by atoms with Gasteiger partial charge in [-0.3, -0.25) is 14.9 Å². The molecule has 1 saturated heterocycles. The number of carbonyl (C=O) groups excluding carboxylic acids is 1. The molecule has 0 N–H and O–H groups in total. The molecule has 1 amide bonds. The third kappa shape index (κ3) is 2.57. The van der Waals surface area contributed by atoms with Crippen molar-refractivity contribution in [2.75, 3.05) is 13.7 Å².